The molecular formula is C19H19ClFNO3. The number of ether oxygens (including phenoxy) is 2. The molecule has 0 fully saturated rings. The quantitative estimate of drug-likeness (QED) is 0.895. The maximum Gasteiger partial charge on any atom is 0.227 e. The van der Waals surface area contributed by atoms with Crippen LogP contribution in [0.15, 0.2) is 36.4 Å². The van der Waals surface area contributed by atoms with Gasteiger partial charge in [0.05, 0.1) is 19.1 Å². The van der Waals surface area contributed by atoms with Crippen LogP contribution in [0.4, 0.5) is 4.39 Å². The van der Waals surface area contributed by atoms with Crippen LogP contribution in [0.1, 0.15) is 24.1 Å². The number of rotatable bonds is 4. The van der Waals surface area contributed by atoms with E-state index in [1.54, 1.807) is 18.2 Å². The van der Waals surface area contributed by atoms with Crippen LogP contribution in [0.25, 0.3) is 0 Å². The molecule has 132 valence electrons. The molecule has 0 saturated heterocycles. The summed E-state index contributed by atoms with van der Waals surface area (Å²) in [6, 6.07) is 9.73. The molecule has 6 heteroatoms. The molecule has 0 saturated carbocycles. The second kappa shape index (κ2) is 7.31. The summed E-state index contributed by atoms with van der Waals surface area (Å²) in [5.41, 5.74) is 1.59. The zero-order chi connectivity index (χ0) is 18.0. The standard InChI is InChI=1S/C19H19ClFNO3/c1-11(12-3-5-18(24-2)16(21)9-12)22-19(23)14-7-13-8-15(20)4-6-17(13)25-10-14/h3-6,8-9,11,14H,7,10H2,1-2H3,(H,22,23)/t11-,14+/m1/s1. The zero-order valence-electron chi connectivity index (χ0n) is 14.0. The van der Waals surface area contributed by atoms with Gasteiger partial charge in [-0.25, -0.2) is 4.39 Å². The van der Waals surface area contributed by atoms with Gasteiger partial charge in [-0.1, -0.05) is 17.7 Å². The highest BCUT2D eigenvalue weighted by atomic mass is 35.5. The van der Waals surface area contributed by atoms with Gasteiger partial charge in [-0.3, -0.25) is 4.79 Å². The van der Waals surface area contributed by atoms with E-state index in [9.17, 15) is 9.18 Å². The number of hydrogen-bond acceptors (Lipinski definition) is 3. The molecule has 25 heavy (non-hydrogen) atoms. The van der Waals surface area contributed by atoms with E-state index in [4.69, 9.17) is 21.1 Å². The van der Waals surface area contributed by atoms with E-state index in [-0.39, 0.29) is 23.6 Å². The smallest absolute Gasteiger partial charge is 0.227 e. The van der Waals surface area contributed by atoms with Gasteiger partial charge >= 0.3 is 0 Å². The van der Waals surface area contributed by atoms with Gasteiger partial charge in [0.2, 0.25) is 5.91 Å². The van der Waals surface area contributed by atoms with E-state index in [2.05, 4.69) is 5.32 Å². The van der Waals surface area contributed by atoms with Crippen molar-refractivity contribution in [1.29, 1.82) is 0 Å². The van der Waals surface area contributed by atoms with Gasteiger partial charge in [0.1, 0.15) is 12.4 Å². The number of methoxy groups -OCH3 is 1. The maximum absolute atomic E-state index is 13.8. The van der Waals surface area contributed by atoms with Gasteiger partial charge in [0, 0.05) is 5.02 Å². The van der Waals surface area contributed by atoms with E-state index in [1.165, 1.54) is 13.2 Å². The fourth-order valence-corrected chi connectivity index (χ4v) is 3.09. The SMILES string of the molecule is COc1ccc([C@@H](C)NC(=O)[C@@H]2COc3ccc(Cl)cc3C2)cc1F. The van der Waals surface area contributed by atoms with Crippen LogP contribution in [0, 0.1) is 11.7 Å². The van der Waals surface area contributed by atoms with E-state index < -0.39 is 5.82 Å². The van der Waals surface area contributed by atoms with Gasteiger partial charge in [-0.2, -0.15) is 0 Å². The number of halogens is 2. The summed E-state index contributed by atoms with van der Waals surface area (Å²) in [5, 5.41) is 3.53. The first-order valence-electron chi connectivity index (χ1n) is 8.03. The largest absolute Gasteiger partial charge is 0.494 e. The Morgan fingerprint density at radius 1 is 1.36 bits per heavy atom. The zero-order valence-corrected chi connectivity index (χ0v) is 14.8. The third-order valence-corrected chi connectivity index (χ3v) is 4.57. The number of carbonyl (C=O) groups excluding carboxylic acids is 1. The van der Waals surface area contributed by atoms with E-state index in [0.717, 1.165) is 11.3 Å². The van der Waals surface area contributed by atoms with Crippen LogP contribution in [0.2, 0.25) is 5.02 Å². The van der Waals surface area contributed by atoms with Crippen LogP contribution in [0.3, 0.4) is 0 Å². The molecule has 0 aromatic heterocycles. The lowest BCUT2D eigenvalue weighted by Crippen LogP contribution is -2.38. The molecule has 2 aromatic carbocycles. The summed E-state index contributed by atoms with van der Waals surface area (Å²) in [6.07, 6.45) is 0.561. The van der Waals surface area contributed by atoms with Crippen molar-refractivity contribution in [2.45, 2.75) is 19.4 Å². The number of fused-ring (bicyclic) bond motifs is 1. The van der Waals surface area contributed by atoms with Gasteiger partial charge in [0.25, 0.3) is 0 Å². The highest BCUT2D eigenvalue weighted by Crippen LogP contribution is 2.30. The molecule has 1 amide bonds. The van der Waals surface area contributed by atoms with Crippen molar-refractivity contribution in [1.82, 2.24) is 5.32 Å². The van der Waals surface area contributed by atoms with Crippen molar-refractivity contribution in [3.8, 4) is 11.5 Å². The molecule has 0 radical (unpaired) electrons. The molecule has 0 unspecified atom stereocenters. The van der Waals surface area contributed by atoms with Crippen molar-refractivity contribution >= 4 is 17.5 Å². The van der Waals surface area contributed by atoms with E-state index in [0.29, 0.717) is 23.6 Å². The fraction of sp³-hybridized carbons (Fsp3) is 0.316. The molecule has 0 aliphatic carbocycles. The summed E-state index contributed by atoms with van der Waals surface area (Å²) < 4.78 is 24.4. The summed E-state index contributed by atoms with van der Waals surface area (Å²) in [7, 11) is 1.41. The van der Waals surface area contributed by atoms with Crippen LogP contribution in [-0.4, -0.2) is 19.6 Å². The second-order valence-electron chi connectivity index (χ2n) is 6.09. The second-order valence-corrected chi connectivity index (χ2v) is 6.52. The summed E-state index contributed by atoms with van der Waals surface area (Å²) >= 11 is 6.01. The summed E-state index contributed by atoms with van der Waals surface area (Å²) in [6.45, 7) is 2.12. The lowest BCUT2D eigenvalue weighted by molar-refractivity contribution is -0.126. The number of carbonyl (C=O) groups is 1. The molecular weight excluding hydrogens is 345 g/mol. The van der Waals surface area contributed by atoms with Crippen LogP contribution < -0.4 is 14.8 Å². The van der Waals surface area contributed by atoms with Gasteiger partial charge in [-0.15, -0.1) is 0 Å². The lowest BCUT2D eigenvalue weighted by Gasteiger charge is -2.26. The molecule has 2 aromatic rings. The highest BCUT2D eigenvalue weighted by molar-refractivity contribution is 6.30. The molecule has 3 rings (SSSR count). The van der Waals surface area contributed by atoms with Crippen molar-refractivity contribution in [2.75, 3.05) is 13.7 Å². The van der Waals surface area contributed by atoms with Crippen molar-refractivity contribution < 1.29 is 18.7 Å². The topological polar surface area (TPSA) is 47.6 Å². The predicted octanol–water partition coefficient (Wildman–Crippen LogP) is 3.92. The first-order valence-corrected chi connectivity index (χ1v) is 8.40. The highest BCUT2D eigenvalue weighted by Gasteiger charge is 2.27. The maximum atomic E-state index is 13.8. The van der Waals surface area contributed by atoms with Crippen LogP contribution in [0.5, 0.6) is 11.5 Å². The van der Waals surface area contributed by atoms with Crippen molar-refractivity contribution in [2.24, 2.45) is 5.92 Å². The van der Waals surface area contributed by atoms with Crippen LogP contribution >= 0.6 is 11.6 Å². The van der Waals surface area contributed by atoms with Gasteiger partial charge < -0.3 is 14.8 Å². The summed E-state index contributed by atoms with van der Waals surface area (Å²) in [4.78, 5) is 12.5. The van der Waals surface area contributed by atoms with Crippen LogP contribution in [-0.2, 0) is 11.2 Å². The Morgan fingerprint density at radius 2 is 2.16 bits per heavy atom. The monoisotopic (exact) mass is 363 g/mol. The third-order valence-electron chi connectivity index (χ3n) is 4.33. The number of amides is 1. The molecule has 1 heterocycles. The first kappa shape index (κ1) is 17.5. The number of hydrogen-bond donors (Lipinski definition) is 1. The predicted molar refractivity (Wildman–Crippen MR) is 93.7 cm³/mol. The molecule has 1 aliphatic heterocycles. The Balaban J connectivity index is 1.67. The minimum absolute atomic E-state index is 0.130. The molecule has 2 atom stereocenters. The molecule has 0 spiro atoms. The Hall–Kier alpha value is -2.27. The molecule has 1 N–H and O–H groups in total. The number of nitrogens with one attached hydrogen (secondary N) is 1. The van der Waals surface area contributed by atoms with E-state index >= 15 is 0 Å². The Labute approximate surface area is 150 Å². The van der Waals surface area contributed by atoms with Gasteiger partial charge in [0.15, 0.2) is 11.6 Å². The average molecular weight is 364 g/mol. The minimum atomic E-state index is -0.453. The summed E-state index contributed by atoms with van der Waals surface area (Å²) in [5.74, 6) is 0.0479. The molecule has 0 bridgehead atoms. The number of benzene rings is 2. The Morgan fingerprint density at radius 3 is 2.88 bits per heavy atom. The Kier molecular flexibility index (Phi) is 5.13. The normalized spacial score (nSPS) is 17.2. The third kappa shape index (κ3) is 3.87. The van der Waals surface area contributed by atoms with Gasteiger partial charge in [-0.05, 0) is 54.8 Å². The first-order chi connectivity index (χ1) is 12.0. The minimum Gasteiger partial charge on any atom is -0.494 e. The fourth-order valence-electron chi connectivity index (χ4n) is 2.90. The Bertz CT molecular complexity index is 796. The molecule has 4 nitrogen and oxygen atoms in total. The average Bonchev–Trinajstić information content (AvgIpc) is 2.60. The van der Waals surface area contributed by atoms with Crippen molar-refractivity contribution in [3.05, 3.63) is 58.4 Å². The van der Waals surface area contributed by atoms with E-state index in [1.807, 2.05) is 19.1 Å². The lowest BCUT2D eigenvalue weighted by atomic mass is 9.95. The molecule has 1 aliphatic rings. The van der Waals surface area contributed by atoms with Crippen molar-refractivity contribution in [3.63, 3.8) is 0 Å².